The summed E-state index contributed by atoms with van der Waals surface area (Å²) in [6, 6.07) is 7.08. The van der Waals surface area contributed by atoms with Crippen molar-refractivity contribution in [3.8, 4) is 0 Å². The van der Waals surface area contributed by atoms with Gasteiger partial charge in [0.25, 0.3) is 0 Å². The molecule has 3 atom stereocenters. The molecule has 2 amide bonds. The molecule has 2 aromatic rings. The van der Waals surface area contributed by atoms with Crippen LogP contribution in [0, 0.1) is 11.8 Å². The SMILES string of the molecule is O=CN(O)C[C@@H](CC1CCCC1)C(=O)N1C[C@H](F)C[C@H]1c1nc2ccccc2[nH]1. The highest BCUT2D eigenvalue weighted by Crippen LogP contribution is 2.37. The molecule has 1 saturated carbocycles. The van der Waals surface area contributed by atoms with Crippen molar-refractivity contribution in [1.29, 1.82) is 0 Å². The number of nitrogens with one attached hydrogen (secondary N) is 1. The first-order valence-electron chi connectivity index (χ1n) is 10.3. The number of imidazole rings is 1. The maximum Gasteiger partial charge on any atom is 0.233 e. The van der Waals surface area contributed by atoms with E-state index >= 15 is 0 Å². The predicted molar refractivity (Wildman–Crippen MR) is 105 cm³/mol. The van der Waals surface area contributed by atoms with Crippen molar-refractivity contribution >= 4 is 23.4 Å². The average Bonchev–Trinajstić information content (AvgIpc) is 3.45. The van der Waals surface area contributed by atoms with Crippen LogP contribution in [0.4, 0.5) is 4.39 Å². The minimum atomic E-state index is -1.12. The standard InChI is InChI=1S/C21H27FN4O3/c22-16-10-19(20-23-17-7-3-4-8-18(17)24-20)26(12-16)21(28)15(11-25(29)13-27)9-14-5-1-2-6-14/h3-4,7-8,13-16,19,29H,1-2,5-6,9-12H2,(H,23,24)/t15-,16-,19+/m1/s1. The van der Waals surface area contributed by atoms with Crippen molar-refractivity contribution < 1.29 is 19.2 Å². The summed E-state index contributed by atoms with van der Waals surface area (Å²) in [6.07, 6.45) is 4.36. The smallest absolute Gasteiger partial charge is 0.233 e. The van der Waals surface area contributed by atoms with E-state index in [4.69, 9.17) is 0 Å². The highest BCUT2D eigenvalue weighted by atomic mass is 19.1. The molecule has 8 heteroatoms. The molecule has 1 aliphatic heterocycles. The van der Waals surface area contributed by atoms with Crippen molar-refractivity contribution in [1.82, 2.24) is 19.9 Å². The highest BCUT2D eigenvalue weighted by molar-refractivity contribution is 5.80. The van der Waals surface area contributed by atoms with Crippen LogP contribution >= 0.6 is 0 Å². The summed E-state index contributed by atoms with van der Waals surface area (Å²) >= 11 is 0. The van der Waals surface area contributed by atoms with Crippen LogP contribution in [-0.2, 0) is 9.59 Å². The molecule has 2 N–H and O–H groups in total. The molecule has 2 fully saturated rings. The van der Waals surface area contributed by atoms with Crippen LogP contribution in [0.1, 0.15) is 50.4 Å². The van der Waals surface area contributed by atoms with Gasteiger partial charge in [-0.05, 0) is 24.5 Å². The Kier molecular flexibility index (Phi) is 5.80. The molecule has 29 heavy (non-hydrogen) atoms. The molecule has 0 spiro atoms. The molecule has 1 aromatic carbocycles. The number of hydrogen-bond acceptors (Lipinski definition) is 4. The van der Waals surface area contributed by atoms with Crippen LogP contribution in [0.2, 0.25) is 0 Å². The lowest BCUT2D eigenvalue weighted by molar-refractivity contribution is -0.157. The maximum absolute atomic E-state index is 14.4. The first-order valence-corrected chi connectivity index (χ1v) is 10.3. The average molecular weight is 402 g/mol. The Balaban J connectivity index is 1.57. The number of para-hydroxylation sites is 2. The van der Waals surface area contributed by atoms with Gasteiger partial charge in [0, 0.05) is 6.42 Å². The van der Waals surface area contributed by atoms with E-state index in [1.807, 2.05) is 24.3 Å². The van der Waals surface area contributed by atoms with Gasteiger partial charge in [-0.15, -0.1) is 0 Å². The number of nitrogens with zero attached hydrogens (tertiary/aromatic N) is 3. The topological polar surface area (TPSA) is 89.5 Å². The Morgan fingerprint density at radius 3 is 2.86 bits per heavy atom. The van der Waals surface area contributed by atoms with Gasteiger partial charge in [0.2, 0.25) is 12.3 Å². The lowest BCUT2D eigenvalue weighted by Crippen LogP contribution is -2.41. The highest BCUT2D eigenvalue weighted by Gasteiger charge is 2.41. The monoisotopic (exact) mass is 402 g/mol. The maximum atomic E-state index is 14.4. The van der Waals surface area contributed by atoms with Crippen molar-refractivity contribution in [2.24, 2.45) is 11.8 Å². The Bertz CT molecular complexity index is 833. The number of likely N-dealkylation sites (tertiary alicyclic amines) is 1. The van der Waals surface area contributed by atoms with Gasteiger partial charge in [0.1, 0.15) is 12.0 Å². The first kappa shape index (κ1) is 19.8. The first-order chi connectivity index (χ1) is 14.0. The molecule has 1 aliphatic carbocycles. The number of hydroxylamine groups is 2. The van der Waals surface area contributed by atoms with E-state index in [9.17, 15) is 19.2 Å². The van der Waals surface area contributed by atoms with E-state index in [-0.39, 0.29) is 25.4 Å². The Morgan fingerprint density at radius 1 is 1.38 bits per heavy atom. The second kappa shape index (κ2) is 8.49. The van der Waals surface area contributed by atoms with Gasteiger partial charge in [-0.25, -0.2) is 14.4 Å². The number of H-pyrrole nitrogens is 1. The van der Waals surface area contributed by atoms with Gasteiger partial charge in [0.05, 0.1) is 36.1 Å². The van der Waals surface area contributed by atoms with E-state index in [0.29, 0.717) is 29.6 Å². The largest absolute Gasteiger partial charge is 0.340 e. The molecule has 1 saturated heterocycles. The number of aromatic nitrogens is 2. The van der Waals surface area contributed by atoms with Crippen LogP contribution in [0.15, 0.2) is 24.3 Å². The summed E-state index contributed by atoms with van der Waals surface area (Å²) in [4.78, 5) is 33.7. The zero-order valence-corrected chi connectivity index (χ0v) is 16.3. The fraction of sp³-hybridized carbons (Fsp3) is 0.571. The second-order valence-corrected chi connectivity index (χ2v) is 8.29. The molecule has 4 rings (SSSR count). The summed E-state index contributed by atoms with van der Waals surface area (Å²) in [5, 5.41) is 10.3. The molecular weight excluding hydrogens is 375 g/mol. The van der Waals surface area contributed by atoms with Crippen molar-refractivity contribution in [2.75, 3.05) is 13.1 Å². The van der Waals surface area contributed by atoms with Crippen LogP contribution in [0.25, 0.3) is 11.0 Å². The number of carbonyl (C=O) groups excluding carboxylic acids is 2. The Morgan fingerprint density at radius 2 is 2.14 bits per heavy atom. The van der Waals surface area contributed by atoms with Crippen molar-refractivity contribution in [2.45, 2.75) is 50.7 Å². The van der Waals surface area contributed by atoms with E-state index < -0.39 is 18.1 Å². The van der Waals surface area contributed by atoms with Gasteiger partial charge in [-0.1, -0.05) is 37.8 Å². The van der Waals surface area contributed by atoms with Gasteiger partial charge in [0.15, 0.2) is 0 Å². The predicted octanol–water partition coefficient (Wildman–Crippen LogP) is 3.22. The third kappa shape index (κ3) is 4.27. The number of amides is 2. The number of fused-ring (bicyclic) bond motifs is 1. The molecule has 1 aromatic heterocycles. The summed E-state index contributed by atoms with van der Waals surface area (Å²) < 4.78 is 14.4. The molecule has 156 valence electrons. The second-order valence-electron chi connectivity index (χ2n) is 8.29. The fourth-order valence-electron chi connectivity index (χ4n) is 4.82. The van der Waals surface area contributed by atoms with Crippen LogP contribution in [0.5, 0.6) is 0 Å². The third-order valence-corrected chi connectivity index (χ3v) is 6.23. The van der Waals surface area contributed by atoms with Crippen molar-refractivity contribution in [3.05, 3.63) is 30.1 Å². The van der Waals surface area contributed by atoms with Crippen LogP contribution < -0.4 is 0 Å². The van der Waals surface area contributed by atoms with Gasteiger partial charge < -0.3 is 9.88 Å². The van der Waals surface area contributed by atoms with E-state index in [2.05, 4.69) is 9.97 Å². The summed E-state index contributed by atoms with van der Waals surface area (Å²) in [5.74, 6) is 0.210. The van der Waals surface area contributed by atoms with Crippen LogP contribution in [-0.4, -0.2) is 56.7 Å². The van der Waals surface area contributed by atoms with Crippen molar-refractivity contribution in [3.63, 3.8) is 0 Å². The number of halogens is 1. The number of rotatable bonds is 7. The summed E-state index contributed by atoms with van der Waals surface area (Å²) in [6.45, 7) is -0.0621. The van der Waals surface area contributed by atoms with Gasteiger partial charge >= 0.3 is 0 Å². The summed E-state index contributed by atoms with van der Waals surface area (Å²) in [7, 11) is 0. The Hall–Kier alpha value is -2.48. The fourth-order valence-corrected chi connectivity index (χ4v) is 4.82. The normalized spacial score (nSPS) is 23.6. The van der Waals surface area contributed by atoms with E-state index in [1.165, 1.54) is 0 Å². The molecule has 0 radical (unpaired) electrons. The number of carbonyl (C=O) groups is 2. The molecule has 2 aliphatic rings. The number of hydrogen-bond donors (Lipinski definition) is 2. The molecule has 2 heterocycles. The Labute approximate surface area is 168 Å². The van der Waals surface area contributed by atoms with E-state index in [0.717, 1.165) is 36.7 Å². The lowest BCUT2D eigenvalue weighted by Gasteiger charge is -2.30. The van der Waals surface area contributed by atoms with Crippen LogP contribution in [0.3, 0.4) is 0 Å². The summed E-state index contributed by atoms with van der Waals surface area (Å²) in [5.41, 5.74) is 1.63. The molecule has 7 nitrogen and oxygen atoms in total. The lowest BCUT2D eigenvalue weighted by atomic mass is 9.91. The molecule has 0 bridgehead atoms. The number of alkyl halides is 1. The zero-order chi connectivity index (χ0) is 20.4. The van der Waals surface area contributed by atoms with Gasteiger partial charge in [-0.3, -0.25) is 14.8 Å². The van der Waals surface area contributed by atoms with Gasteiger partial charge in [-0.2, -0.15) is 0 Å². The van der Waals surface area contributed by atoms with E-state index in [1.54, 1.807) is 4.90 Å². The third-order valence-electron chi connectivity index (χ3n) is 6.23. The molecular formula is C21H27FN4O3. The minimum Gasteiger partial charge on any atom is -0.340 e. The quantitative estimate of drug-likeness (QED) is 0.423. The number of aromatic amines is 1. The molecule has 0 unspecified atom stereocenters. The number of benzene rings is 1. The zero-order valence-electron chi connectivity index (χ0n) is 16.3. The minimum absolute atomic E-state index is 0.00816.